The van der Waals surface area contributed by atoms with Gasteiger partial charge in [-0.05, 0) is 45.4 Å². The van der Waals surface area contributed by atoms with Crippen LogP contribution >= 0.6 is 0 Å². The summed E-state index contributed by atoms with van der Waals surface area (Å²) in [6.45, 7) is 9.43. The predicted octanol–water partition coefficient (Wildman–Crippen LogP) is 3.62. The van der Waals surface area contributed by atoms with E-state index in [9.17, 15) is 22.8 Å². The number of alkyl halides is 3. The predicted molar refractivity (Wildman–Crippen MR) is 113 cm³/mol. The molecule has 2 aromatic heterocycles. The minimum atomic E-state index is -4.42. The molecule has 0 aliphatic carbocycles. The molecule has 0 bridgehead atoms. The van der Waals surface area contributed by atoms with Crippen LogP contribution in [0, 0.1) is 13.8 Å². The zero-order chi connectivity index (χ0) is 23.6. The van der Waals surface area contributed by atoms with Gasteiger partial charge in [-0.2, -0.15) is 13.2 Å². The van der Waals surface area contributed by atoms with Crippen LogP contribution in [0.15, 0.2) is 18.3 Å². The number of Topliss-reactive ketones (excluding diaryl/α,β-unsaturated/α-hetero) is 1. The molecule has 174 valence electrons. The second-order valence-corrected chi connectivity index (χ2v) is 7.81. The molecule has 0 aromatic carbocycles. The first-order chi connectivity index (χ1) is 15.0. The highest BCUT2D eigenvalue weighted by atomic mass is 19.4. The summed E-state index contributed by atoms with van der Waals surface area (Å²) in [5.41, 5.74) is 1.17. The van der Waals surface area contributed by atoms with E-state index in [1.54, 1.807) is 20.8 Å². The summed E-state index contributed by atoms with van der Waals surface area (Å²) < 4.78 is 43.3. The maximum absolute atomic E-state index is 13.1. The van der Waals surface area contributed by atoms with E-state index in [1.165, 1.54) is 6.07 Å². The van der Waals surface area contributed by atoms with E-state index in [-0.39, 0.29) is 12.4 Å². The van der Waals surface area contributed by atoms with Gasteiger partial charge in [-0.1, -0.05) is 0 Å². The number of pyridine rings is 1. The largest absolute Gasteiger partial charge is 0.462 e. The normalized spacial score (nSPS) is 16.2. The highest BCUT2D eigenvalue weighted by Crippen LogP contribution is 2.29. The van der Waals surface area contributed by atoms with Gasteiger partial charge in [0.15, 0.2) is 5.78 Å². The smallest absolute Gasteiger partial charge is 0.417 e. The number of aromatic nitrogens is 2. The summed E-state index contributed by atoms with van der Waals surface area (Å²) in [4.78, 5) is 36.2. The molecule has 32 heavy (non-hydrogen) atoms. The number of piperazine rings is 1. The Morgan fingerprint density at radius 3 is 2.38 bits per heavy atom. The lowest BCUT2D eigenvalue weighted by Gasteiger charge is -2.38. The summed E-state index contributed by atoms with van der Waals surface area (Å²) >= 11 is 0. The van der Waals surface area contributed by atoms with Gasteiger partial charge >= 0.3 is 12.1 Å². The third-order valence-electron chi connectivity index (χ3n) is 5.80. The second kappa shape index (κ2) is 9.32. The van der Waals surface area contributed by atoms with E-state index < -0.39 is 23.8 Å². The van der Waals surface area contributed by atoms with Crippen molar-refractivity contribution in [2.75, 3.05) is 37.7 Å². The third-order valence-corrected chi connectivity index (χ3v) is 5.80. The van der Waals surface area contributed by atoms with E-state index in [4.69, 9.17) is 4.74 Å². The molecule has 2 aromatic rings. The number of anilines is 1. The van der Waals surface area contributed by atoms with Gasteiger partial charge in [0.1, 0.15) is 5.82 Å². The van der Waals surface area contributed by atoms with Crippen LogP contribution in [0.4, 0.5) is 19.0 Å². The summed E-state index contributed by atoms with van der Waals surface area (Å²) in [6.07, 6.45) is -3.58. The number of ether oxygens (including phenoxy) is 1. The van der Waals surface area contributed by atoms with Gasteiger partial charge in [0.25, 0.3) is 0 Å². The Labute approximate surface area is 184 Å². The Kier molecular flexibility index (Phi) is 6.92. The number of hydrogen-bond acceptors (Lipinski definition) is 6. The fourth-order valence-corrected chi connectivity index (χ4v) is 3.96. The van der Waals surface area contributed by atoms with Crippen LogP contribution in [0.5, 0.6) is 0 Å². The van der Waals surface area contributed by atoms with Crippen LogP contribution in [0.3, 0.4) is 0 Å². The van der Waals surface area contributed by atoms with E-state index in [0.717, 1.165) is 12.3 Å². The molecule has 3 rings (SSSR count). The number of nitrogens with one attached hydrogen (secondary N) is 1. The van der Waals surface area contributed by atoms with Gasteiger partial charge in [0.2, 0.25) is 0 Å². The highest BCUT2D eigenvalue weighted by molar-refractivity contribution is 6.03. The van der Waals surface area contributed by atoms with Crippen molar-refractivity contribution in [1.29, 1.82) is 0 Å². The number of H-pyrrole nitrogens is 1. The van der Waals surface area contributed by atoms with Crippen molar-refractivity contribution in [2.24, 2.45) is 0 Å². The summed E-state index contributed by atoms with van der Waals surface area (Å²) in [5.74, 6) is -0.100. The lowest BCUT2D eigenvalue weighted by Crippen LogP contribution is -2.52. The van der Waals surface area contributed by atoms with Crippen molar-refractivity contribution in [3.05, 3.63) is 46.4 Å². The number of ketones is 1. The number of nitrogens with zero attached hydrogens (tertiary/aromatic N) is 3. The second-order valence-electron chi connectivity index (χ2n) is 7.81. The molecule has 1 atom stereocenters. The topological polar surface area (TPSA) is 78.5 Å². The van der Waals surface area contributed by atoms with Crippen molar-refractivity contribution in [2.45, 2.75) is 39.9 Å². The van der Waals surface area contributed by atoms with Gasteiger partial charge < -0.3 is 14.6 Å². The number of aryl methyl sites for hydroxylation is 1. The van der Waals surface area contributed by atoms with E-state index in [0.29, 0.717) is 54.5 Å². The summed E-state index contributed by atoms with van der Waals surface area (Å²) in [7, 11) is 0. The summed E-state index contributed by atoms with van der Waals surface area (Å²) in [6, 6.07) is 1.97. The van der Waals surface area contributed by atoms with E-state index in [2.05, 4.69) is 9.97 Å². The Morgan fingerprint density at radius 1 is 1.19 bits per heavy atom. The average Bonchev–Trinajstić information content (AvgIpc) is 3.06. The maximum Gasteiger partial charge on any atom is 0.417 e. The van der Waals surface area contributed by atoms with Crippen molar-refractivity contribution in [3.63, 3.8) is 0 Å². The quantitative estimate of drug-likeness (QED) is 0.533. The van der Waals surface area contributed by atoms with Crippen LogP contribution in [0.25, 0.3) is 0 Å². The molecule has 3 heterocycles. The lowest BCUT2D eigenvalue weighted by molar-refractivity contribution is -0.137. The Morgan fingerprint density at radius 2 is 1.84 bits per heavy atom. The molecule has 1 aliphatic rings. The number of rotatable bonds is 6. The van der Waals surface area contributed by atoms with Crippen LogP contribution in [0.2, 0.25) is 0 Å². The Hall–Kier alpha value is -2.88. The van der Waals surface area contributed by atoms with E-state index >= 15 is 0 Å². The molecule has 0 amide bonds. The molecular formula is C22H27F3N4O3. The summed E-state index contributed by atoms with van der Waals surface area (Å²) in [5, 5.41) is 0. The lowest BCUT2D eigenvalue weighted by atomic mass is 10.0. The molecule has 1 aliphatic heterocycles. The Bertz CT molecular complexity index is 978. The first kappa shape index (κ1) is 23.8. The Balaban J connectivity index is 1.65. The molecule has 7 nitrogen and oxygen atoms in total. The standard InChI is InChI=1S/C22H27F3N4O3/c1-5-32-21(31)18-13(2)19(27-14(18)3)20(30)15(4)28-8-10-29(11-9-28)17-7-6-16(12-26-17)22(23,24)25/h6-7,12,15,27H,5,8-11H2,1-4H3. The van der Waals surface area contributed by atoms with E-state index in [1.807, 2.05) is 16.7 Å². The van der Waals surface area contributed by atoms with Crippen molar-refractivity contribution >= 4 is 17.6 Å². The highest BCUT2D eigenvalue weighted by Gasteiger charge is 2.32. The average molecular weight is 452 g/mol. The van der Waals surface area contributed by atoms with Gasteiger partial charge in [-0.3, -0.25) is 9.69 Å². The molecule has 1 unspecified atom stereocenters. The monoisotopic (exact) mass is 452 g/mol. The molecule has 1 saturated heterocycles. The van der Waals surface area contributed by atoms with Gasteiger partial charge in [0, 0.05) is 38.1 Å². The number of aromatic amines is 1. The van der Waals surface area contributed by atoms with Gasteiger partial charge in [0.05, 0.1) is 29.5 Å². The zero-order valence-electron chi connectivity index (χ0n) is 18.5. The molecule has 0 saturated carbocycles. The van der Waals surface area contributed by atoms with Crippen LogP contribution < -0.4 is 4.90 Å². The van der Waals surface area contributed by atoms with Crippen LogP contribution in [-0.2, 0) is 10.9 Å². The van der Waals surface area contributed by atoms with Crippen molar-refractivity contribution < 1.29 is 27.5 Å². The first-order valence-corrected chi connectivity index (χ1v) is 10.5. The molecule has 0 spiro atoms. The van der Waals surface area contributed by atoms with Crippen molar-refractivity contribution in [1.82, 2.24) is 14.9 Å². The molecule has 1 fully saturated rings. The van der Waals surface area contributed by atoms with Crippen LogP contribution in [0.1, 0.15) is 51.5 Å². The SMILES string of the molecule is CCOC(=O)c1c(C)[nH]c(C(=O)C(C)N2CCN(c3ccc(C(F)(F)F)cn3)CC2)c1C. The molecule has 1 N–H and O–H groups in total. The number of halogens is 3. The zero-order valence-corrected chi connectivity index (χ0v) is 18.5. The fraction of sp³-hybridized carbons (Fsp3) is 0.500. The third kappa shape index (κ3) is 4.79. The van der Waals surface area contributed by atoms with Crippen molar-refractivity contribution in [3.8, 4) is 0 Å². The molecule has 10 heteroatoms. The minimum absolute atomic E-state index is 0.123. The van der Waals surface area contributed by atoms with Gasteiger partial charge in [-0.25, -0.2) is 9.78 Å². The maximum atomic E-state index is 13.1. The first-order valence-electron chi connectivity index (χ1n) is 10.5. The van der Waals surface area contributed by atoms with Gasteiger partial charge in [-0.15, -0.1) is 0 Å². The number of carbonyl (C=O) groups is 2. The van der Waals surface area contributed by atoms with Crippen LogP contribution in [-0.4, -0.2) is 65.4 Å². The number of esters is 1. The molecular weight excluding hydrogens is 425 g/mol. The molecule has 0 radical (unpaired) electrons. The number of hydrogen-bond donors (Lipinski definition) is 1. The number of carbonyl (C=O) groups excluding carboxylic acids is 2. The minimum Gasteiger partial charge on any atom is -0.462 e. The fourth-order valence-electron chi connectivity index (χ4n) is 3.96.